The van der Waals surface area contributed by atoms with Gasteiger partial charge >= 0.3 is 0 Å². The van der Waals surface area contributed by atoms with E-state index in [2.05, 4.69) is 5.32 Å². The van der Waals surface area contributed by atoms with Crippen LogP contribution < -0.4 is 14.8 Å². The molecule has 4 nitrogen and oxygen atoms in total. The molecule has 3 rings (SSSR count). The minimum absolute atomic E-state index is 0.221. The zero-order valence-electron chi connectivity index (χ0n) is 16.7. The minimum atomic E-state index is -0.305. The third-order valence-electron chi connectivity index (χ3n) is 4.74. The molecule has 1 amide bonds. The second-order valence-electron chi connectivity index (χ2n) is 6.83. The predicted molar refractivity (Wildman–Crippen MR) is 111 cm³/mol. The first-order valence-corrected chi connectivity index (χ1v) is 9.39. The van der Waals surface area contributed by atoms with Gasteiger partial charge in [0.2, 0.25) is 0 Å². The number of halogens is 1. The van der Waals surface area contributed by atoms with Crippen molar-refractivity contribution in [1.29, 1.82) is 0 Å². The Bertz CT molecular complexity index is 986. The Morgan fingerprint density at radius 1 is 1.03 bits per heavy atom. The van der Waals surface area contributed by atoms with Gasteiger partial charge in [0.15, 0.2) is 0 Å². The van der Waals surface area contributed by atoms with E-state index in [1.807, 2.05) is 38.1 Å². The number of para-hydroxylation sites is 1. The highest BCUT2D eigenvalue weighted by molar-refractivity contribution is 5.94. The zero-order valence-corrected chi connectivity index (χ0v) is 16.7. The first-order chi connectivity index (χ1) is 14.0. The van der Waals surface area contributed by atoms with Crippen molar-refractivity contribution < 1.29 is 18.7 Å². The zero-order chi connectivity index (χ0) is 20.8. The molecule has 0 saturated carbocycles. The molecule has 0 aliphatic carbocycles. The maximum absolute atomic E-state index is 13.1. The van der Waals surface area contributed by atoms with Gasteiger partial charge in [0.1, 0.15) is 23.9 Å². The fourth-order valence-electron chi connectivity index (χ4n) is 3.02. The third-order valence-corrected chi connectivity index (χ3v) is 4.74. The molecule has 150 valence electrons. The largest absolute Gasteiger partial charge is 0.496 e. The fraction of sp³-hybridized carbons (Fsp3) is 0.208. The lowest BCUT2D eigenvalue weighted by Gasteiger charge is -2.16. The number of benzene rings is 3. The van der Waals surface area contributed by atoms with Gasteiger partial charge in [0, 0.05) is 11.1 Å². The molecule has 1 atom stereocenters. The van der Waals surface area contributed by atoms with Crippen LogP contribution in [0.25, 0.3) is 0 Å². The molecule has 0 saturated heterocycles. The minimum Gasteiger partial charge on any atom is -0.496 e. The smallest absolute Gasteiger partial charge is 0.251 e. The number of hydrogen-bond donors (Lipinski definition) is 1. The normalized spacial score (nSPS) is 11.6. The Morgan fingerprint density at radius 2 is 1.76 bits per heavy atom. The van der Waals surface area contributed by atoms with E-state index < -0.39 is 0 Å². The molecule has 0 aromatic heterocycles. The third kappa shape index (κ3) is 5.13. The Kier molecular flexibility index (Phi) is 6.50. The van der Waals surface area contributed by atoms with Crippen LogP contribution in [0.5, 0.6) is 11.5 Å². The molecule has 0 fully saturated rings. The lowest BCUT2D eigenvalue weighted by molar-refractivity contribution is 0.0939. The molecule has 1 N–H and O–H groups in total. The number of amides is 1. The summed E-state index contributed by atoms with van der Waals surface area (Å²) in [6.07, 6.45) is 0. The molecule has 0 aliphatic rings. The number of ether oxygens (including phenoxy) is 2. The van der Waals surface area contributed by atoms with E-state index in [1.165, 1.54) is 12.1 Å². The van der Waals surface area contributed by atoms with E-state index in [1.54, 1.807) is 37.4 Å². The molecule has 0 spiro atoms. The molecule has 0 bridgehead atoms. The van der Waals surface area contributed by atoms with Gasteiger partial charge in [-0.1, -0.05) is 30.3 Å². The molecule has 3 aromatic carbocycles. The van der Waals surface area contributed by atoms with Crippen LogP contribution in [0.2, 0.25) is 0 Å². The Balaban J connectivity index is 1.73. The van der Waals surface area contributed by atoms with Crippen molar-refractivity contribution in [2.75, 3.05) is 7.11 Å². The fourth-order valence-corrected chi connectivity index (χ4v) is 3.02. The number of rotatable bonds is 7. The standard InChI is InChI=1S/C24H24FNO3/c1-16-6-4-5-7-22(16)29-15-20-14-19(10-13-23(20)28-3)24(27)26-17(2)18-8-11-21(25)12-9-18/h4-14,17H,15H2,1-3H3,(H,26,27)/t17-/m1/s1. The van der Waals surface area contributed by atoms with Crippen molar-refractivity contribution in [3.8, 4) is 11.5 Å². The maximum atomic E-state index is 13.1. The summed E-state index contributed by atoms with van der Waals surface area (Å²) in [6.45, 7) is 4.12. The summed E-state index contributed by atoms with van der Waals surface area (Å²) < 4.78 is 24.4. The van der Waals surface area contributed by atoms with Crippen molar-refractivity contribution >= 4 is 5.91 Å². The second-order valence-corrected chi connectivity index (χ2v) is 6.83. The molecule has 0 aliphatic heterocycles. The first-order valence-electron chi connectivity index (χ1n) is 9.39. The molecule has 29 heavy (non-hydrogen) atoms. The number of hydrogen-bond acceptors (Lipinski definition) is 3. The highest BCUT2D eigenvalue weighted by atomic mass is 19.1. The molecule has 0 radical (unpaired) electrons. The van der Waals surface area contributed by atoms with Crippen LogP contribution in [0.4, 0.5) is 4.39 Å². The van der Waals surface area contributed by atoms with E-state index in [0.717, 1.165) is 22.4 Å². The maximum Gasteiger partial charge on any atom is 0.251 e. The average Bonchev–Trinajstić information content (AvgIpc) is 2.73. The van der Waals surface area contributed by atoms with Crippen LogP contribution in [0.15, 0.2) is 66.7 Å². The molecule has 0 unspecified atom stereocenters. The van der Waals surface area contributed by atoms with E-state index >= 15 is 0 Å². The van der Waals surface area contributed by atoms with Crippen LogP contribution in [0.3, 0.4) is 0 Å². The lowest BCUT2D eigenvalue weighted by Crippen LogP contribution is -2.26. The number of nitrogens with one attached hydrogen (secondary N) is 1. The molecular weight excluding hydrogens is 369 g/mol. The summed E-state index contributed by atoms with van der Waals surface area (Å²) in [6, 6.07) is 18.8. The summed E-state index contributed by atoms with van der Waals surface area (Å²) in [7, 11) is 1.59. The van der Waals surface area contributed by atoms with Crippen molar-refractivity contribution in [2.45, 2.75) is 26.5 Å². The lowest BCUT2D eigenvalue weighted by atomic mass is 10.1. The average molecular weight is 393 g/mol. The summed E-state index contributed by atoms with van der Waals surface area (Å²) in [5.74, 6) is 0.915. The van der Waals surface area contributed by atoms with Crippen LogP contribution in [0, 0.1) is 12.7 Å². The Hall–Kier alpha value is -3.34. The number of methoxy groups -OCH3 is 1. The summed E-state index contributed by atoms with van der Waals surface area (Å²) >= 11 is 0. The second kappa shape index (κ2) is 9.24. The number of carbonyl (C=O) groups excluding carboxylic acids is 1. The van der Waals surface area contributed by atoms with Gasteiger partial charge in [-0.05, 0) is 61.4 Å². The molecule has 0 heterocycles. The van der Waals surface area contributed by atoms with Crippen molar-refractivity contribution in [2.24, 2.45) is 0 Å². The van der Waals surface area contributed by atoms with Crippen LogP contribution in [0.1, 0.15) is 40.0 Å². The summed E-state index contributed by atoms with van der Waals surface area (Å²) in [5, 5.41) is 2.94. The highest BCUT2D eigenvalue weighted by Crippen LogP contribution is 2.24. The van der Waals surface area contributed by atoms with Gasteiger partial charge < -0.3 is 14.8 Å². The van der Waals surface area contributed by atoms with E-state index in [0.29, 0.717) is 11.3 Å². The van der Waals surface area contributed by atoms with Gasteiger partial charge in [0.25, 0.3) is 5.91 Å². The van der Waals surface area contributed by atoms with Crippen molar-refractivity contribution in [1.82, 2.24) is 5.32 Å². The van der Waals surface area contributed by atoms with E-state index in [9.17, 15) is 9.18 Å². The van der Waals surface area contributed by atoms with Crippen LogP contribution >= 0.6 is 0 Å². The van der Waals surface area contributed by atoms with Crippen LogP contribution in [-0.2, 0) is 6.61 Å². The molecule has 5 heteroatoms. The van der Waals surface area contributed by atoms with Crippen molar-refractivity contribution in [3.63, 3.8) is 0 Å². The summed E-state index contributed by atoms with van der Waals surface area (Å²) in [4.78, 5) is 12.7. The van der Waals surface area contributed by atoms with Crippen molar-refractivity contribution in [3.05, 3.63) is 94.8 Å². The summed E-state index contributed by atoms with van der Waals surface area (Å²) in [5.41, 5.74) is 3.14. The van der Waals surface area contributed by atoms with Gasteiger partial charge in [0.05, 0.1) is 13.2 Å². The quantitative estimate of drug-likeness (QED) is 0.599. The Labute approximate surface area is 170 Å². The molecular formula is C24H24FNO3. The van der Waals surface area contributed by atoms with Gasteiger partial charge in [-0.15, -0.1) is 0 Å². The van der Waals surface area contributed by atoms with Gasteiger partial charge in [-0.2, -0.15) is 0 Å². The topological polar surface area (TPSA) is 47.6 Å². The van der Waals surface area contributed by atoms with Gasteiger partial charge in [-0.3, -0.25) is 4.79 Å². The predicted octanol–water partition coefficient (Wildman–Crippen LogP) is 5.21. The molecule has 3 aromatic rings. The number of aryl methyl sites for hydroxylation is 1. The van der Waals surface area contributed by atoms with Gasteiger partial charge in [-0.25, -0.2) is 4.39 Å². The number of carbonyl (C=O) groups is 1. The first kappa shape index (κ1) is 20.4. The monoisotopic (exact) mass is 393 g/mol. The SMILES string of the molecule is COc1ccc(C(=O)N[C@H](C)c2ccc(F)cc2)cc1COc1ccccc1C. The van der Waals surface area contributed by atoms with E-state index in [4.69, 9.17) is 9.47 Å². The highest BCUT2D eigenvalue weighted by Gasteiger charge is 2.14. The van der Waals surface area contributed by atoms with Crippen LogP contribution in [-0.4, -0.2) is 13.0 Å². The Morgan fingerprint density at radius 3 is 2.45 bits per heavy atom. The van der Waals surface area contributed by atoms with E-state index in [-0.39, 0.29) is 24.4 Å².